The van der Waals surface area contributed by atoms with E-state index in [0.29, 0.717) is 21.9 Å². The maximum atomic E-state index is 14.5. The average Bonchev–Trinajstić information content (AvgIpc) is 2.78. The van der Waals surface area contributed by atoms with E-state index in [1.54, 1.807) is 24.7 Å². The lowest BCUT2D eigenvalue weighted by molar-refractivity contribution is 0.631. The normalized spacial score (nSPS) is 11.5. The molecule has 4 aromatic rings. The van der Waals surface area contributed by atoms with Crippen LogP contribution >= 0.6 is 20.5 Å². The first-order valence-electron chi connectivity index (χ1n) is 9.15. The van der Waals surface area contributed by atoms with Gasteiger partial charge in [0.1, 0.15) is 5.82 Å². The molecule has 0 atom stereocenters. The molecule has 0 aliphatic carbocycles. The molecular formula is C23H17ClFN4P. The summed E-state index contributed by atoms with van der Waals surface area (Å²) in [6.45, 7) is 0. The summed E-state index contributed by atoms with van der Waals surface area (Å²) >= 11 is 6.10. The fourth-order valence-corrected chi connectivity index (χ4v) is 3.66. The van der Waals surface area contributed by atoms with Crippen LogP contribution in [0.15, 0.2) is 67.3 Å². The number of pyridine rings is 3. The zero-order valence-corrected chi connectivity index (χ0v) is 17.8. The summed E-state index contributed by atoms with van der Waals surface area (Å²) in [5.74, 6) is 1.42. The first-order chi connectivity index (χ1) is 14.6. The molecule has 4 nitrogen and oxygen atoms in total. The van der Waals surface area contributed by atoms with Gasteiger partial charge in [0.15, 0.2) is 5.65 Å². The number of halogens is 2. The molecule has 0 bridgehead atoms. The second-order valence-corrected chi connectivity index (χ2v) is 7.27. The van der Waals surface area contributed by atoms with Gasteiger partial charge in [0.05, 0.1) is 5.69 Å². The first-order valence-corrected chi connectivity index (χ1v) is 10.1. The third-order valence-corrected chi connectivity index (χ3v) is 5.17. The Bertz CT molecular complexity index is 1290. The van der Waals surface area contributed by atoms with E-state index in [2.05, 4.69) is 29.1 Å². The van der Waals surface area contributed by atoms with E-state index < -0.39 is 5.82 Å². The van der Waals surface area contributed by atoms with Crippen molar-refractivity contribution in [3.8, 4) is 22.4 Å². The van der Waals surface area contributed by atoms with Gasteiger partial charge in [-0.3, -0.25) is 4.98 Å². The molecule has 0 amide bonds. The predicted octanol–water partition coefficient (Wildman–Crippen LogP) is 5.66. The van der Waals surface area contributed by atoms with Crippen LogP contribution in [-0.2, 0) is 0 Å². The van der Waals surface area contributed by atoms with Gasteiger partial charge in [0.25, 0.3) is 0 Å². The molecule has 0 fully saturated rings. The third-order valence-electron chi connectivity index (χ3n) is 4.63. The van der Waals surface area contributed by atoms with Gasteiger partial charge in [0, 0.05) is 64.5 Å². The van der Waals surface area contributed by atoms with Crippen LogP contribution in [0.4, 0.5) is 4.39 Å². The molecule has 7 heteroatoms. The lowest BCUT2D eigenvalue weighted by Gasteiger charge is -2.11. The van der Waals surface area contributed by atoms with Gasteiger partial charge in [-0.15, -0.1) is 8.86 Å². The Kier molecular flexibility index (Phi) is 5.84. The Morgan fingerprint density at radius 3 is 2.80 bits per heavy atom. The fraction of sp³-hybridized carbons (Fsp3) is 0.0435. The maximum Gasteiger partial charge on any atom is 0.160 e. The van der Waals surface area contributed by atoms with Crippen molar-refractivity contribution in [1.29, 1.82) is 0 Å². The van der Waals surface area contributed by atoms with E-state index >= 15 is 0 Å². The van der Waals surface area contributed by atoms with Gasteiger partial charge in [0.2, 0.25) is 0 Å². The average molecular weight is 435 g/mol. The molecule has 30 heavy (non-hydrogen) atoms. The minimum Gasteiger partial charge on any atom is -0.393 e. The standard InChI is InChI=1S/C23H17ClFN4P/c1-26-10-16(13-30)14-7-15(12-27-11-14)19-9-22(20-8-17(24)4-5-21(20)25)29-23-18(19)3-2-6-28-23/h2-13,26,30H,1H3/b16-10+. The van der Waals surface area contributed by atoms with Crippen molar-refractivity contribution in [2.24, 2.45) is 0 Å². The highest BCUT2D eigenvalue weighted by Crippen LogP contribution is 2.33. The lowest BCUT2D eigenvalue weighted by atomic mass is 9.98. The van der Waals surface area contributed by atoms with Gasteiger partial charge >= 0.3 is 0 Å². The maximum absolute atomic E-state index is 14.5. The smallest absolute Gasteiger partial charge is 0.160 e. The zero-order chi connectivity index (χ0) is 21.1. The Morgan fingerprint density at radius 2 is 2.00 bits per heavy atom. The summed E-state index contributed by atoms with van der Waals surface area (Å²) in [6.07, 6.45) is 7.09. The molecule has 0 aliphatic heterocycles. The summed E-state index contributed by atoms with van der Waals surface area (Å²) in [6, 6.07) is 12.1. The topological polar surface area (TPSA) is 50.7 Å². The van der Waals surface area contributed by atoms with Gasteiger partial charge < -0.3 is 5.32 Å². The quantitative estimate of drug-likeness (QED) is 0.412. The molecular weight excluding hydrogens is 418 g/mol. The SMILES string of the molecule is CN/C=C(\C=P)c1cncc(-c2cc(-c3cc(Cl)ccc3F)nc3ncccc23)c1. The van der Waals surface area contributed by atoms with E-state index in [4.69, 9.17) is 11.6 Å². The predicted molar refractivity (Wildman–Crippen MR) is 125 cm³/mol. The van der Waals surface area contributed by atoms with Crippen molar-refractivity contribution in [1.82, 2.24) is 20.3 Å². The molecule has 3 aromatic heterocycles. The van der Waals surface area contributed by atoms with E-state index in [0.717, 1.165) is 27.6 Å². The Labute approximate surface area is 180 Å². The number of benzene rings is 1. The highest BCUT2D eigenvalue weighted by Gasteiger charge is 2.14. The third kappa shape index (κ3) is 3.95. The van der Waals surface area contributed by atoms with Crippen molar-refractivity contribution in [2.75, 3.05) is 7.05 Å². The van der Waals surface area contributed by atoms with Crippen LogP contribution in [0.2, 0.25) is 5.02 Å². The van der Waals surface area contributed by atoms with Gasteiger partial charge in [-0.05, 0) is 53.8 Å². The fourth-order valence-electron chi connectivity index (χ4n) is 3.24. The molecule has 1 N–H and O–H groups in total. The molecule has 0 unspecified atom stereocenters. The van der Waals surface area contributed by atoms with Crippen LogP contribution in [0.1, 0.15) is 5.56 Å². The van der Waals surface area contributed by atoms with E-state index in [1.807, 2.05) is 43.3 Å². The van der Waals surface area contributed by atoms with Gasteiger partial charge in [-0.25, -0.2) is 14.4 Å². The van der Waals surface area contributed by atoms with Crippen LogP contribution in [0.3, 0.4) is 0 Å². The van der Waals surface area contributed by atoms with Crippen LogP contribution < -0.4 is 5.32 Å². The molecule has 0 aliphatic rings. The number of nitrogens with one attached hydrogen (secondary N) is 1. The van der Waals surface area contributed by atoms with Crippen molar-refractivity contribution in [2.45, 2.75) is 0 Å². The number of hydrogen-bond acceptors (Lipinski definition) is 4. The molecule has 0 saturated carbocycles. The second kappa shape index (κ2) is 8.70. The molecule has 0 spiro atoms. The van der Waals surface area contributed by atoms with Crippen molar-refractivity contribution in [3.63, 3.8) is 0 Å². The lowest BCUT2D eigenvalue weighted by Crippen LogP contribution is -1.98. The summed E-state index contributed by atoms with van der Waals surface area (Å²) in [7, 11) is 5.28. The summed E-state index contributed by atoms with van der Waals surface area (Å²) in [5.41, 5.74) is 4.88. The van der Waals surface area contributed by atoms with Gasteiger partial charge in [-0.1, -0.05) is 11.6 Å². The van der Waals surface area contributed by atoms with Crippen LogP contribution in [0, 0.1) is 5.82 Å². The molecule has 0 saturated heterocycles. The number of allylic oxidation sites excluding steroid dienone is 1. The summed E-state index contributed by atoms with van der Waals surface area (Å²) in [5, 5.41) is 4.31. The summed E-state index contributed by atoms with van der Waals surface area (Å²) < 4.78 is 14.5. The number of hydrogen-bond donors (Lipinski definition) is 1. The minimum absolute atomic E-state index is 0.324. The van der Waals surface area contributed by atoms with E-state index in [-0.39, 0.29) is 0 Å². The molecule has 1 aromatic carbocycles. The molecule has 148 valence electrons. The molecule has 4 rings (SSSR count). The highest BCUT2D eigenvalue weighted by atomic mass is 35.5. The van der Waals surface area contributed by atoms with Crippen molar-refractivity contribution < 1.29 is 4.39 Å². The Hall–Kier alpha value is -3.14. The summed E-state index contributed by atoms with van der Waals surface area (Å²) in [4.78, 5) is 13.4. The molecule has 3 heterocycles. The first kappa shape index (κ1) is 20.1. The van der Waals surface area contributed by atoms with Gasteiger partial charge in [-0.2, -0.15) is 0 Å². The van der Waals surface area contributed by atoms with Crippen LogP contribution in [-0.4, -0.2) is 27.8 Å². The Morgan fingerprint density at radius 1 is 1.13 bits per heavy atom. The second-order valence-electron chi connectivity index (χ2n) is 6.55. The van der Waals surface area contributed by atoms with Crippen LogP contribution in [0.25, 0.3) is 39.0 Å². The van der Waals surface area contributed by atoms with E-state index in [1.165, 1.54) is 12.1 Å². The van der Waals surface area contributed by atoms with E-state index in [9.17, 15) is 4.39 Å². The van der Waals surface area contributed by atoms with Crippen LogP contribution in [0.5, 0.6) is 0 Å². The number of nitrogens with zero attached hydrogens (tertiary/aromatic N) is 3. The largest absolute Gasteiger partial charge is 0.393 e. The van der Waals surface area contributed by atoms with Crippen molar-refractivity contribution >= 4 is 42.9 Å². The minimum atomic E-state index is -0.395. The Balaban J connectivity index is 1.96. The highest BCUT2D eigenvalue weighted by molar-refractivity contribution is 7.20. The number of rotatable bonds is 5. The molecule has 0 radical (unpaired) electrons. The number of fused-ring (bicyclic) bond motifs is 1. The number of aromatic nitrogens is 3. The monoisotopic (exact) mass is 434 g/mol. The zero-order valence-electron chi connectivity index (χ0n) is 16.0. The van der Waals surface area contributed by atoms with Crippen molar-refractivity contribution in [3.05, 3.63) is 83.7 Å².